The minimum absolute atomic E-state index is 0.0519. The van der Waals surface area contributed by atoms with Gasteiger partial charge in [-0.2, -0.15) is 0 Å². The summed E-state index contributed by atoms with van der Waals surface area (Å²) in [6, 6.07) is 5.34. The van der Waals surface area contributed by atoms with E-state index < -0.39 is 0 Å². The van der Waals surface area contributed by atoms with Crippen LogP contribution in [-0.4, -0.2) is 45.9 Å². The molecule has 2 heterocycles. The first kappa shape index (κ1) is 16.4. The number of carbonyl (C=O) groups is 2. The van der Waals surface area contributed by atoms with Crippen molar-refractivity contribution in [1.29, 1.82) is 0 Å². The maximum atomic E-state index is 12.3. The molecule has 1 aromatic carbocycles. The van der Waals surface area contributed by atoms with Crippen LogP contribution in [0.5, 0.6) is 5.75 Å². The summed E-state index contributed by atoms with van der Waals surface area (Å²) in [7, 11) is 0. The number of aromatic hydroxyl groups is 1. The lowest BCUT2D eigenvalue weighted by Crippen LogP contribution is -2.36. The summed E-state index contributed by atoms with van der Waals surface area (Å²) in [5.74, 6) is -0.0183. The van der Waals surface area contributed by atoms with Crippen molar-refractivity contribution in [3.05, 3.63) is 30.0 Å². The van der Waals surface area contributed by atoms with Crippen LogP contribution in [0.2, 0.25) is 0 Å². The zero-order valence-corrected chi connectivity index (χ0v) is 14.0. The normalized spacial score (nSPS) is 17.9. The van der Waals surface area contributed by atoms with Crippen molar-refractivity contribution in [2.45, 2.75) is 32.7 Å². The first-order valence-electron chi connectivity index (χ1n) is 8.32. The number of aromatic nitrogens is 1. The van der Waals surface area contributed by atoms with Crippen molar-refractivity contribution in [3.8, 4) is 5.75 Å². The van der Waals surface area contributed by atoms with E-state index in [4.69, 9.17) is 0 Å². The van der Waals surface area contributed by atoms with Crippen LogP contribution in [0.25, 0.3) is 10.9 Å². The van der Waals surface area contributed by atoms with E-state index in [0.717, 1.165) is 16.5 Å². The highest BCUT2D eigenvalue weighted by molar-refractivity contribution is 5.89. The number of fused-ring (bicyclic) bond motifs is 1. The molecule has 128 valence electrons. The molecular weight excluding hydrogens is 306 g/mol. The van der Waals surface area contributed by atoms with E-state index in [0.29, 0.717) is 25.9 Å². The highest BCUT2D eigenvalue weighted by Crippen LogP contribution is 2.23. The smallest absolute Gasteiger partial charge is 0.225 e. The highest BCUT2D eigenvalue weighted by atomic mass is 16.3. The summed E-state index contributed by atoms with van der Waals surface area (Å²) < 4.78 is 0. The number of H-pyrrole nitrogens is 1. The second kappa shape index (κ2) is 6.55. The highest BCUT2D eigenvalue weighted by Gasteiger charge is 2.35. The van der Waals surface area contributed by atoms with Gasteiger partial charge in [-0.3, -0.25) is 9.59 Å². The van der Waals surface area contributed by atoms with Gasteiger partial charge in [-0.05, 0) is 38.0 Å². The molecule has 0 spiro atoms. The van der Waals surface area contributed by atoms with Crippen molar-refractivity contribution in [2.75, 3.05) is 13.1 Å². The lowest BCUT2D eigenvalue weighted by atomic mass is 10.1. The minimum atomic E-state index is -0.250. The van der Waals surface area contributed by atoms with E-state index >= 15 is 0 Å². The number of likely N-dealkylation sites (tertiary alicyclic amines) is 1. The molecule has 3 N–H and O–H groups in total. The summed E-state index contributed by atoms with van der Waals surface area (Å²) in [5.41, 5.74) is 1.97. The van der Waals surface area contributed by atoms with E-state index in [1.54, 1.807) is 17.0 Å². The number of nitrogens with zero attached hydrogens (tertiary/aromatic N) is 1. The molecular formula is C18H23N3O3. The predicted molar refractivity (Wildman–Crippen MR) is 91.6 cm³/mol. The van der Waals surface area contributed by atoms with Crippen LogP contribution in [0.15, 0.2) is 24.4 Å². The summed E-state index contributed by atoms with van der Waals surface area (Å²) in [6.07, 6.45) is 2.90. The van der Waals surface area contributed by atoms with Crippen molar-refractivity contribution in [3.63, 3.8) is 0 Å². The Morgan fingerprint density at radius 1 is 1.46 bits per heavy atom. The molecule has 1 aromatic heterocycles. The maximum Gasteiger partial charge on any atom is 0.225 e. The molecule has 2 amide bonds. The fraction of sp³-hybridized carbons (Fsp3) is 0.444. The lowest BCUT2D eigenvalue weighted by Gasteiger charge is -2.20. The van der Waals surface area contributed by atoms with Gasteiger partial charge < -0.3 is 20.3 Å². The quantitative estimate of drug-likeness (QED) is 0.782. The SMILES string of the molecule is CC(C)N1CC(C(=O)NCCc2c[nH]c3cc(O)ccc23)CC1=O. The second-order valence-electron chi connectivity index (χ2n) is 6.63. The number of nitrogens with one attached hydrogen (secondary N) is 2. The summed E-state index contributed by atoms with van der Waals surface area (Å²) >= 11 is 0. The topological polar surface area (TPSA) is 85.4 Å². The molecule has 0 saturated carbocycles. The van der Waals surface area contributed by atoms with Crippen LogP contribution < -0.4 is 5.32 Å². The largest absolute Gasteiger partial charge is 0.508 e. The first-order valence-corrected chi connectivity index (χ1v) is 8.32. The standard InChI is InChI=1S/C18H23N3O3/c1-11(2)21-10-13(7-17(21)23)18(24)19-6-5-12-9-20-16-8-14(22)3-4-15(12)16/h3-4,8-9,11,13,20,22H,5-7,10H2,1-2H3,(H,19,24). The summed E-state index contributed by atoms with van der Waals surface area (Å²) in [4.78, 5) is 29.0. The third-order valence-corrected chi connectivity index (χ3v) is 4.60. The van der Waals surface area contributed by atoms with Crippen LogP contribution in [-0.2, 0) is 16.0 Å². The molecule has 1 saturated heterocycles. The predicted octanol–water partition coefficient (Wildman–Crippen LogP) is 1.79. The number of aromatic amines is 1. The Hall–Kier alpha value is -2.50. The number of amides is 2. The Labute approximate surface area is 140 Å². The number of benzene rings is 1. The van der Waals surface area contributed by atoms with Gasteiger partial charge in [0, 0.05) is 48.7 Å². The van der Waals surface area contributed by atoms with Gasteiger partial charge in [0.2, 0.25) is 11.8 Å². The number of hydrogen-bond acceptors (Lipinski definition) is 3. The summed E-state index contributed by atoms with van der Waals surface area (Å²) in [5, 5.41) is 13.5. The van der Waals surface area contributed by atoms with E-state index in [1.807, 2.05) is 26.1 Å². The van der Waals surface area contributed by atoms with Gasteiger partial charge in [-0.25, -0.2) is 0 Å². The molecule has 1 unspecified atom stereocenters. The van der Waals surface area contributed by atoms with Gasteiger partial charge in [-0.15, -0.1) is 0 Å². The van der Waals surface area contributed by atoms with Crippen LogP contribution in [0.4, 0.5) is 0 Å². The molecule has 0 aliphatic carbocycles. The number of hydrogen-bond donors (Lipinski definition) is 3. The molecule has 2 aromatic rings. The third kappa shape index (κ3) is 3.22. The average Bonchev–Trinajstić information content (AvgIpc) is 3.10. The number of rotatable bonds is 5. The second-order valence-corrected chi connectivity index (χ2v) is 6.63. The number of phenols is 1. The van der Waals surface area contributed by atoms with Crippen molar-refractivity contribution < 1.29 is 14.7 Å². The maximum absolute atomic E-state index is 12.3. The van der Waals surface area contributed by atoms with E-state index in [-0.39, 0.29) is 29.5 Å². The lowest BCUT2D eigenvalue weighted by molar-refractivity contribution is -0.129. The van der Waals surface area contributed by atoms with E-state index in [2.05, 4.69) is 10.3 Å². The van der Waals surface area contributed by atoms with Crippen molar-refractivity contribution in [2.24, 2.45) is 5.92 Å². The number of carbonyl (C=O) groups excluding carboxylic acids is 2. The molecule has 24 heavy (non-hydrogen) atoms. The Kier molecular flexibility index (Phi) is 4.46. The third-order valence-electron chi connectivity index (χ3n) is 4.60. The van der Waals surface area contributed by atoms with Crippen LogP contribution in [0.3, 0.4) is 0 Å². The Balaban J connectivity index is 1.54. The molecule has 1 fully saturated rings. The molecule has 1 aliphatic rings. The molecule has 1 aliphatic heterocycles. The Morgan fingerprint density at radius 2 is 2.25 bits per heavy atom. The van der Waals surface area contributed by atoms with Crippen molar-refractivity contribution in [1.82, 2.24) is 15.2 Å². The molecule has 1 atom stereocenters. The fourth-order valence-electron chi connectivity index (χ4n) is 3.25. The molecule has 6 heteroatoms. The van der Waals surface area contributed by atoms with Gasteiger partial charge in [0.05, 0.1) is 5.92 Å². The number of phenolic OH excluding ortho intramolecular Hbond substituents is 1. The van der Waals surface area contributed by atoms with Gasteiger partial charge in [0.25, 0.3) is 0 Å². The van der Waals surface area contributed by atoms with Gasteiger partial charge in [-0.1, -0.05) is 0 Å². The van der Waals surface area contributed by atoms with Gasteiger partial charge in [0.15, 0.2) is 0 Å². The van der Waals surface area contributed by atoms with E-state index in [1.165, 1.54) is 0 Å². The Morgan fingerprint density at radius 3 is 2.96 bits per heavy atom. The van der Waals surface area contributed by atoms with E-state index in [9.17, 15) is 14.7 Å². The van der Waals surface area contributed by atoms with Gasteiger partial charge in [0.1, 0.15) is 5.75 Å². The fourth-order valence-corrected chi connectivity index (χ4v) is 3.25. The zero-order valence-electron chi connectivity index (χ0n) is 14.0. The molecule has 6 nitrogen and oxygen atoms in total. The molecule has 3 rings (SSSR count). The molecule has 0 bridgehead atoms. The van der Waals surface area contributed by atoms with Crippen molar-refractivity contribution >= 4 is 22.7 Å². The first-order chi connectivity index (χ1) is 11.5. The average molecular weight is 329 g/mol. The van der Waals surface area contributed by atoms with Crippen LogP contribution >= 0.6 is 0 Å². The van der Waals surface area contributed by atoms with Crippen LogP contribution in [0, 0.1) is 5.92 Å². The van der Waals surface area contributed by atoms with Gasteiger partial charge >= 0.3 is 0 Å². The zero-order chi connectivity index (χ0) is 17.3. The summed E-state index contributed by atoms with van der Waals surface area (Å²) in [6.45, 7) is 4.97. The monoisotopic (exact) mass is 329 g/mol. The molecule has 0 radical (unpaired) electrons. The minimum Gasteiger partial charge on any atom is -0.508 e. The Bertz CT molecular complexity index is 766. The van der Waals surface area contributed by atoms with Crippen LogP contribution in [0.1, 0.15) is 25.8 Å².